The van der Waals surface area contributed by atoms with Gasteiger partial charge in [0, 0.05) is 56.6 Å². The summed E-state index contributed by atoms with van der Waals surface area (Å²) >= 11 is 0. The third-order valence-electron chi connectivity index (χ3n) is 6.67. The summed E-state index contributed by atoms with van der Waals surface area (Å²) in [6, 6.07) is 9.21. The van der Waals surface area contributed by atoms with Crippen molar-refractivity contribution in [1.82, 2.24) is 15.0 Å². The third kappa shape index (κ3) is 6.32. The summed E-state index contributed by atoms with van der Waals surface area (Å²) in [6.07, 6.45) is -8.05. The summed E-state index contributed by atoms with van der Waals surface area (Å²) in [4.78, 5) is 18.9. The van der Waals surface area contributed by atoms with Gasteiger partial charge in [0.05, 0.1) is 24.5 Å². The number of aromatic nitrogens is 3. The highest BCUT2D eigenvalue weighted by Crippen LogP contribution is 2.37. The highest BCUT2D eigenvalue weighted by molar-refractivity contribution is 5.67. The molecule has 2 aliphatic rings. The molecule has 0 unspecified atom stereocenters. The Bertz CT molecular complexity index is 1330. The fraction of sp³-hybridized carbons (Fsp3) is 0.423. The highest BCUT2D eigenvalue weighted by Gasteiger charge is 2.37. The van der Waals surface area contributed by atoms with Crippen molar-refractivity contribution in [3.8, 4) is 17.0 Å². The van der Waals surface area contributed by atoms with Crippen LogP contribution in [-0.2, 0) is 10.9 Å². The predicted molar refractivity (Wildman–Crippen MR) is 135 cm³/mol. The van der Waals surface area contributed by atoms with E-state index in [0.717, 1.165) is 6.07 Å². The van der Waals surface area contributed by atoms with Crippen LogP contribution < -0.4 is 19.4 Å². The first-order valence-electron chi connectivity index (χ1n) is 12.6. The van der Waals surface area contributed by atoms with Crippen LogP contribution in [0.3, 0.4) is 0 Å². The van der Waals surface area contributed by atoms with E-state index in [1.54, 1.807) is 17.0 Å². The Hall–Kier alpha value is -3.81. The van der Waals surface area contributed by atoms with Crippen LogP contribution in [0.2, 0.25) is 0 Å². The molecule has 0 aliphatic carbocycles. The molecule has 3 aromatic rings. The molecule has 0 radical (unpaired) electrons. The zero-order chi connectivity index (χ0) is 28.5. The molecule has 0 amide bonds. The second-order valence-corrected chi connectivity index (χ2v) is 9.45. The van der Waals surface area contributed by atoms with Crippen molar-refractivity contribution in [2.45, 2.75) is 25.5 Å². The maximum atomic E-state index is 13.6. The summed E-state index contributed by atoms with van der Waals surface area (Å²) in [6.45, 7) is 4.72. The zero-order valence-electron chi connectivity index (χ0n) is 21.4. The number of morpholine rings is 1. The Kier molecular flexibility index (Phi) is 7.62. The molecule has 2 aliphatic heterocycles. The number of hydrogen-bond acceptors (Lipinski definition) is 8. The highest BCUT2D eigenvalue weighted by atomic mass is 19.4. The lowest BCUT2D eigenvalue weighted by atomic mass is 10.1. The number of ether oxygens (including phenoxy) is 2. The van der Waals surface area contributed by atoms with E-state index < -0.39 is 18.1 Å². The molecule has 8 nitrogen and oxygen atoms in total. The van der Waals surface area contributed by atoms with E-state index >= 15 is 0 Å². The van der Waals surface area contributed by atoms with Crippen molar-refractivity contribution in [2.24, 2.45) is 0 Å². The van der Waals surface area contributed by atoms with E-state index in [-0.39, 0.29) is 30.7 Å². The van der Waals surface area contributed by atoms with Gasteiger partial charge >= 0.3 is 12.5 Å². The van der Waals surface area contributed by atoms with Gasteiger partial charge in [0.15, 0.2) is 0 Å². The molecule has 5 rings (SSSR count). The topological polar surface area (TPSA) is 66.9 Å². The number of hydrogen-bond donors (Lipinski definition) is 0. The molecule has 0 saturated carbocycles. The standard InChI is InChI=1S/C26H26F6N6O2/c1-17-16-37(23-20(25(27,28)29)6-3-7-33-23)8-9-38(17)22-15-21(34-24(35-22)36-10-12-39-13-11-36)18-4-2-5-19(14-18)40-26(30,31)32/h2-7,14-15,17H,8-13,16H2,1H3/t17-/m1/s1. The Morgan fingerprint density at radius 2 is 1.68 bits per heavy atom. The van der Waals surface area contributed by atoms with Gasteiger partial charge in [-0.25, -0.2) is 9.97 Å². The molecule has 14 heteroatoms. The van der Waals surface area contributed by atoms with Crippen molar-refractivity contribution in [3.63, 3.8) is 0 Å². The van der Waals surface area contributed by atoms with Crippen LogP contribution in [0.15, 0.2) is 48.7 Å². The minimum Gasteiger partial charge on any atom is -0.406 e. The average Bonchev–Trinajstić information content (AvgIpc) is 2.92. The van der Waals surface area contributed by atoms with Crippen LogP contribution in [0.5, 0.6) is 5.75 Å². The number of benzene rings is 1. The fourth-order valence-electron chi connectivity index (χ4n) is 4.83. The van der Waals surface area contributed by atoms with Crippen LogP contribution in [0.4, 0.5) is 43.9 Å². The van der Waals surface area contributed by atoms with Crippen LogP contribution in [-0.4, -0.2) is 73.3 Å². The number of pyridine rings is 1. The molecule has 0 spiro atoms. The number of piperazine rings is 1. The van der Waals surface area contributed by atoms with Crippen LogP contribution in [0.25, 0.3) is 11.3 Å². The van der Waals surface area contributed by atoms with Crippen LogP contribution in [0, 0.1) is 0 Å². The van der Waals surface area contributed by atoms with Gasteiger partial charge in [-0.1, -0.05) is 12.1 Å². The number of alkyl halides is 6. The summed E-state index contributed by atoms with van der Waals surface area (Å²) < 4.78 is 88.8. The molecule has 0 bridgehead atoms. The van der Waals surface area contributed by atoms with Gasteiger partial charge in [0.1, 0.15) is 17.4 Å². The predicted octanol–water partition coefficient (Wildman–Crippen LogP) is 5.01. The smallest absolute Gasteiger partial charge is 0.406 e. The molecule has 214 valence electrons. The normalized spacial score (nSPS) is 18.7. The number of anilines is 3. The van der Waals surface area contributed by atoms with Crippen molar-refractivity contribution in [1.29, 1.82) is 0 Å². The van der Waals surface area contributed by atoms with E-state index in [4.69, 9.17) is 9.72 Å². The monoisotopic (exact) mass is 568 g/mol. The molecule has 1 atom stereocenters. The Morgan fingerprint density at radius 3 is 2.38 bits per heavy atom. The maximum Gasteiger partial charge on any atom is 0.573 e. The molecule has 40 heavy (non-hydrogen) atoms. The first kappa shape index (κ1) is 27.7. The third-order valence-corrected chi connectivity index (χ3v) is 6.67. The molecule has 2 saturated heterocycles. The van der Waals surface area contributed by atoms with E-state index in [2.05, 4.69) is 14.7 Å². The van der Waals surface area contributed by atoms with Gasteiger partial charge in [0.25, 0.3) is 0 Å². The SMILES string of the molecule is C[C@@H]1CN(c2ncccc2C(F)(F)F)CCN1c1cc(-c2cccc(OC(F)(F)F)c2)nc(N2CCOCC2)n1. The minimum atomic E-state index is -4.84. The van der Waals surface area contributed by atoms with Gasteiger partial charge in [-0.05, 0) is 31.2 Å². The number of rotatable bonds is 5. The van der Waals surface area contributed by atoms with Gasteiger partial charge in [0.2, 0.25) is 5.95 Å². The minimum absolute atomic E-state index is 0.125. The summed E-state index contributed by atoms with van der Waals surface area (Å²) in [5.74, 6) is 0.394. The maximum absolute atomic E-state index is 13.6. The summed E-state index contributed by atoms with van der Waals surface area (Å²) in [5.41, 5.74) is -0.0112. The Morgan fingerprint density at radius 1 is 0.900 bits per heavy atom. The lowest BCUT2D eigenvalue weighted by Gasteiger charge is -2.42. The van der Waals surface area contributed by atoms with Crippen molar-refractivity contribution >= 4 is 17.6 Å². The molecular weight excluding hydrogens is 542 g/mol. The summed E-state index contributed by atoms with van der Waals surface area (Å²) in [5, 5.41) is 0. The first-order valence-corrected chi connectivity index (χ1v) is 12.6. The zero-order valence-corrected chi connectivity index (χ0v) is 21.4. The number of halogens is 6. The van der Waals surface area contributed by atoms with E-state index in [1.807, 2.05) is 16.7 Å². The second-order valence-electron chi connectivity index (χ2n) is 9.45. The Balaban J connectivity index is 1.46. The molecule has 4 heterocycles. The van der Waals surface area contributed by atoms with Gasteiger partial charge in [-0.3, -0.25) is 0 Å². The molecule has 2 aromatic heterocycles. The van der Waals surface area contributed by atoms with E-state index in [0.29, 0.717) is 55.9 Å². The summed E-state index contributed by atoms with van der Waals surface area (Å²) in [7, 11) is 0. The van der Waals surface area contributed by atoms with Crippen LogP contribution >= 0.6 is 0 Å². The van der Waals surface area contributed by atoms with Crippen molar-refractivity contribution in [2.75, 3.05) is 60.6 Å². The second kappa shape index (κ2) is 11.0. The van der Waals surface area contributed by atoms with Gasteiger partial charge in [-0.2, -0.15) is 18.2 Å². The van der Waals surface area contributed by atoms with Gasteiger partial charge < -0.3 is 24.2 Å². The van der Waals surface area contributed by atoms with Crippen LogP contribution in [0.1, 0.15) is 12.5 Å². The molecule has 0 N–H and O–H groups in total. The largest absolute Gasteiger partial charge is 0.573 e. The number of nitrogens with zero attached hydrogens (tertiary/aromatic N) is 6. The van der Waals surface area contributed by atoms with Crippen molar-refractivity contribution in [3.05, 3.63) is 54.2 Å². The molecule has 2 fully saturated rings. The van der Waals surface area contributed by atoms with E-state index in [1.165, 1.54) is 30.5 Å². The quantitative estimate of drug-likeness (QED) is 0.399. The van der Waals surface area contributed by atoms with E-state index in [9.17, 15) is 26.3 Å². The lowest BCUT2D eigenvalue weighted by Crippen LogP contribution is -2.53. The lowest BCUT2D eigenvalue weighted by molar-refractivity contribution is -0.274. The fourth-order valence-corrected chi connectivity index (χ4v) is 4.83. The van der Waals surface area contributed by atoms with Crippen molar-refractivity contribution < 1.29 is 35.8 Å². The molecule has 1 aromatic carbocycles. The average molecular weight is 569 g/mol. The molecular formula is C26H26F6N6O2. The van der Waals surface area contributed by atoms with Gasteiger partial charge in [-0.15, -0.1) is 13.2 Å². The first-order chi connectivity index (χ1) is 19.0. The Labute approximate surface area is 226 Å².